The normalized spacial score (nSPS) is 10.1. The van der Waals surface area contributed by atoms with E-state index in [2.05, 4.69) is 9.97 Å². The maximum atomic E-state index is 10.4. The predicted molar refractivity (Wildman–Crippen MR) is 50.8 cm³/mol. The predicted octanol–water partition coefficient (Wildman–Crippen LogP) is 1.23. The Hall–Kier alpha value is -2.44. The van der Waals surface area contributed by atoms with E-state index in [0.717, 1.165) is 6.20 Å². The lowest BCUT2D eigenvalue weighted by Gasteiger charge is -1.94. The highest BCUT2D eigenvalue weighted by Gasteiger charge is 2.09. The molecule has 0 unspecified atom stereocenters. The molecule has 2 aromatic rings. The fraction of sp³-hybridized carbons (Fsp3) is 0. The van der Waals surface area contributed by atoms with Gasteiger partial charge < -0.3 is 10.2 Å². The van der Waals surface area contributed by atoms with Crippen LogP contribution in [-0.4, -0.2) is 14.9 Å². The lowest BCUT2D eigenvalue weighted by atomic mass is 10.3. The summed E-state index contributed by atoms with van der Waals surface area (Å²) in [6.07, 6.45) is 2.55. The van der Waals surface area contributed by atoms with E-state index in [1.807, 2.05) is 0 Å². The summed E-state index contributed by atoms with van der Waals surface area (Å²) in [6.45, 7) is 0. The molecule has 2 aromatic heterocycles. The molecular weight excluding hydrogens is 200 g/mol. The molecule has 76 valence electrons. The summed E-state index contributed by atoms with van der Waals surface area (Å²) in [6, 6.07) is 2.84. The van der Waals surface area contributed by atoms with Gasteiger partial charge in [-0.3, -0.25) is 10.1 Å². The van der Waals surface area contributed by atoms with E-state index >= 15 is 0 Å². The maximum Gasteiger partial charge on any atom is 0.292 e. The second kappa shape index (κ2) is 3.37. The second-order valence-electron chi connectivity index (χ2n) is 2.72. The number of oxazole rings is 1. The van der Waals surface area contributed by atoms with Gasteiger partial charge in [-0.05, 0) is 6.07 Å². The van der Waals surface area contributed by atoms with Crippen molar-refractivity contribution in [2.24, 2.45) is 0 Å². The monoisotopic (exact) mass is 206 g/mol. The minimum atomic E-state index is -0.522. The molecule has 7 nitrogen and oxygen atoms in total. The van der Waals surface area contributed by atoms with E-state index in [0.29, 0.717) is 11.5 Å². The zero-order valence-corrected chi connectivity index (χ0v) is 7.45. The summed E-state index contributed by atoms with van der Waals surface area (Å²) in [7, 11) is 0. The van der Waals surface area contributed by atoms with Crippen LogP contribution in [0.4, 0.5) is 11.7 Å². The van der Waals surface area contributed by atoms with E-state index in [1.165, 1.54) is 18.3 Å². The summed E-state index contributed by atoms with van der Waals surface area (Å²) in [4.78, 5) is 17.4. The van der Waals surface area contributed by atoms with Gasteiger partial charge in [0.1, 0.15) is 11.9 Å². The van der Waals surface area contributed by atoms with Gasteiger partial charge in [-0.15, -0.1) is 0 Å². The van der Waals surface area contributed by atoms with Gasteiger partial charge in [0.15, 0.2) is 5.76 Å². The van der Waals surface area contributed by atoms with Crippen LogP contribution in [0, 0.1) is 10.1 Å². The van der Waals surface area contributed by atoms with Crippen LogP contribution < -0.4 is 5.73 Å². The Morgan fingerprint density at radius 2 is 2.13 bits per heavy atom. The Labute approximate surface area is 83.7 Å². The third kappa shape index (κ3) is 1.75. The Morgan fingerprint density at radius 1 is 1.33 bits per heavy atom. The smallest absolute Gasteiger partial charge is 0.292 e. The Morgan fingerprint density at radius 3 is 2.60 bits per heavy atom. The molecule has 0 saturated carbocycles. The van der Waals surface area contributed by atoms with Gasteiger partial charge in [-0.2, -0.15) is 0 Å². The highest BCUT2D eigenvalue weighted by atomic mass is 16.6. The molecule has 0 fully saturated rings. The van der Waals surface area contributed by atoms with Crippen LogP contribution in [0.2, 0.25) is 0 Å². The molecule has 2 rings (SSSR count). The molecule has 2 heterocycles. The van der Waals surface area contributed by atoms with Crippen molar-refractivity contribution in [3.63, 3.8) is 0 Å². The first-order valence-electron chi connectivity index (χ1n) is 3.99. The van der Waals surface area contributed by atoms with E-state index in [9.17, 15) is 10.1 Å². The average molecular weight is 206 g/mol. The van der Waals surface area contributed by atoms with E-state index < -0.39 is 4.92 Å². The molecule has 0 aliphatic heterocycles. The molecule has 0 saturated heterocycles. The topological polar surface area (TPSA) is 108 Å². The number of hydrogen-bond acceptors (Lipinski definition) is 6. The van der Waals surface area contributed by atoms with Gasteiger partial charge in [0.05, 0.1) is 11.1 Å². The SMILES string of the molecule is Nc1ncc(-c2ccc([N+](=O)[O-])cn2)o1. The van der Waals surface area contributed by atoms with Gasteiger partial charge in [-0.1, -0.05) is 0 Å². The molecule has 0 aliphatic carbocycles. The molecule has 0 aliphatic rings. The zero-order chi connectivity index (χ0) is 10.8. The van der Waals surface area contributed by atoms with Crippen LogP contribution in [0.1, 0.15) is 0 Å². The Kier molecular flexibility index (Phi) is 2.05. The van der Waals surface area contributed by atoms with Gasteiger partial charge in [0.25, 0.3) is 11.7 Å². The fourth-order valence-electron chi connectivity index (χ4n) is 1.05. The molecule has 0 radical (unpaired) electrons. The number of hydrogen-bond donors (Lipinski definition) is 1. The molecular formula is C8H6N4O3. The highest BCUT2D eigenvalue weighted by molar-refractivity contribution is 5.53. The van der Waals surface area contributed by atoms with Crippen LogP contribution >= 0.6 is 0 Å². The number of rotatable bonds is 2. The van der Waals surface area contributed by atoms with Crippen LogP contribution in [0.15, 0.2) is 28.9 Å². The number of nitrogens with zero attached hydrogens (tertiary/aromatic N) is 3. The molecule has 15 heavy (non-hydrogen) atoms. The van der Waals surface area contributed by atoms with Crippen molar-refractivity contribution in [1.29, 1.82) is 0 Å². The Balaban J connectivity index is 2.35. The van der Waals surface area contributed by atoms with E-state index in [4.69, 9.17) is 10.2 Å². The second-order valence-corrected chi connectivity index (χ2v) is 2.72. The van der Waals surface area contributed by atoms with Crippen molar-refractivity contribution in [3.8, 4) is 11.5 Å². The number of pyridine rings is 1. The summed E-state index contributed by atoms with van der Waals surface area (Å²) in [5.74, 6) is 0.377. The molecule has 2 N–H and O–H groups in total. The maximum absolute atomic E-state index is 10.4. The van der Waals surface area contributed by atoms with Crippen LogP contribution in [-0.2, 0) is 0 Å². The largest absolute Gasteiger partial charge is 0.422 e. The van der Waals surface area contributed by atoms with Crippen molar-refractivity contribution in [2.75, 3.05) is 5.73 Å². The molecule has 0 amide bonds. The standard InChI is InChI=1S/C8H6N4O3/c9-8-11-4-7(15-8)6-2-1-5(3-10-6)12(13)14/h1-4H,(H2,9,11). The minimum Gasteiger partial charge on any atom is -0.422 e. The zero-order valence-electron chi connectivity index (χ0n) is 7.45. The fourth-order valence-corrected chi connectivity index (χ4v) is 1.05. The number of anilines is 1. The van der Waals surface area contributed by atoms with Gasteiger partial charge in [0, 0.05) is 6.07 Å². The number of nitrogens with two attached hydrogens (primary N) is 1. The quantitative estimate of drug-likeness (QED) is 0.584. The van der Waals surface area contributed by atoms with Crippen molar-refractivity contribution in [3.05, 3.63) is 34.6 Å². The average Bonchev–Trinajstić information content (AvgIpc) is 2.65. The third-order valence-corrected chi connectivity index (χ3v) is 1.73. The molecule has 0 aromatic carbocycles. The molecule has 0 bridgehead atoms. The minimum absolute atomic E-state index is 0.0325. The summed E-state index contributed by atoms with van der Waals surface area (Å²) in [5, 5.41) is 10.4. The van der Waals surface area contributed by atoms with Crippen LogP contribution in [0.3, 0.4) is 0 Å². The van der Waals surface area contributed by atoms with Crippen molar-refractivity contribution in [1.82, 2.24) is 9.97 Å². The number of nitro groups is 1. The van der Waals surface area contributed by atoms with Crippen molar-refractivity contribution < 1.29 is 9.34 Å². The van der Waals surface area contributed by atoms with Gasteiger partial charge >= 0.3 is 0 Å². The highest BCUT2D eigenvalue weighted by Crippen LogP contribution is 2.20. The first-order chi connectivity index (χ1) is 7.16. The van der Waals surface area contributed by atoms with Crippen molar-refractivity contribution in [2.45, 2.75) is 0 Å². The lowest BCUT2D eigenvalue weighted by Crippen LogP contribution is -1.89. The molecule has 0 atom stereocenters. The molecule has 0 spiro atoms. The summed E-state index contributed by atoms with van der Waals surface area (Å²) >= 11 is 0. The third-order valence-electron chi connectivity index (χ3n) is 1.73. The van der Waals surface area contributed by atoms with E-state index in [-0.39, 0.29) is 11.7 Å². The van der Waals surface area contributed by atoms with Crippen LogP contribution in [0.25, 0.3) is 11.5 Å². The summed E-state index contributed by atoms with van der Waals surface area (Å²) in [5.41, 5.74) is 5.65. The number of nitrogen functional groups attached to an aromatic ring is 1. The lowest BCUT2D eigenvalue weighted by molar-refractivity contribution is -0.385. The van der Waals surface area contributed by atoms with Gasteiger partial charge in [-0.25, -0.2) is 9.97 Å². The first kappa shape index (κ1) is 9.13. The Bertz CT molecular complexity index is 491. The molecule has 7 heteroatoms. The van der Waals surface area contributed by atoms with Crippen molar-refractivity contribution >= 4 is 11.7 Å². The van der Waals surface area contributed by atoms with E-state index in [1.54, 1.807) is 0 Å². The summed E-state index contributed by atoms with van der Waals surface area (Å²) < 4.78 is 5.00. The van der Waals surface area contributed by atoms with Gasteiger partial charge in [0.2, 0.25) is 0 Å². The first-order valence-corrected chi connectivity index (χ1v) is 3.99. The van der Waals surface area contributed by atoms with Crippen LogP contribution in [0.5, 0.6) is 0 Å². The number of aromatic nitrogens is 2.